The third-order valence-electron chi connectivity index (χ3n) is 3.64. The molecular formula is C18H21NO3S. The van der Waals surface area contributed by atoms with Crippen molar-refractivity contribution in [2.75, 3.05) is 12.3 Å². The number of nitrogens with zero attached hydrogens (tertiary/aromatic N) is 1. The average Bonchev–Trinajstić information content (AvgIpc) is 2.59. The van der Waals surface area contributed by atoms with Crippen LogP contribution in [0, 0.1) is 0 Å². The molecule has 0 N–H and O–H groups in total. The van der Waals surface area contributed by atoms with Crippen molar-refractivity contribution in [2.24, 2.45) is 0 Å². The number of amides is 1. The summed E-state index contributed by atoms with van der Waals surface area (Å²) in [6.45, 7) is 2.95. The highest BCUT2D eigenvalue weighted by atomic mass is 32.2. The zero-order chi connectivity index (χ0) is 16.7. The van der Waals surface area contributed by atoms with Crippen LogP contribution in [-0.4, -0.2) is 31.5 Å². The summed E-state index contributed by atoms with van der Waals surface area (Å²) in [5.41, 5.74) is 1.04. The Morgan fingerprint density at radius 2 is 1.52 bits per heavy atom. The van der Waals surface area contributed by atoms with Crippen LogP contribution in [-0.2, 0) is 21.2 Å². The van der Waals surface area contributed by atoms with Crippen molar-refractivity contribution >= 4 is 15.7 Å². The van der Waals surface area contributed by atoms with Gasteiger partial charge in [-0.15, -0.1) is 0 Å². The molecular weight excluding hydrogens is 310 g/mol. The molecule has 2 rings (SSSR count). The van der Waals surface area contributed by atoms with Gasteiger partial charge in [0.1, 0.15) is 0 Å². The van der Waals surface area contributed by atoms with Gasteiger partial charge in [0.05, 0.1) is 10.6 Å². The van der Waals surface area contributed by atoms with E-state index in [1.807, 2.05) is 37.3 Å². The lowest BCUT2D eigenvalue weighted by Gasteiger charge is -2.21. The Kier molecular flexibility index (Phi) is 5.93. The average molecular weight is 331 g/mol. The number of rotatable bonds is 7. The van der Waals surface area contributed by atoms with E-state index in [1.54, 1.807) is 35.2 Å². The van der Waals surface area contributed by atoms with Crippen LogP contribution in [0.15, 0.2) is 65.6 Å². The van der Waals surface area contributed by atoms with Gasteiger partial charge in [-0.25, -0.2) is 8.42 Å². The van der Waals surface area contributed by atoms with Gasteiger partial charge in [-0.3, -0.25) is 4.79 Å². The van der Waals surface area contributed by atoms with E-state index < -0.39 is 9.84 Å². The molecule has 0 unspecified atom stereocenters. The molecule has 5 heteroatoms. The fourth-order valence-electron chi connectivity index (χ4n) is 2.31. The second kappa shape index (κ2) is 7.92. The first kappa shape index (κ1) is 17.2. The van der Waals surface area contributed by atoms with Gasteiger partial charge in [-0.1, -0.05) is 48.5 Å². The summed E-state index contributed by atoms with van der Waals surface area (Å²) in [5.74, 6) is -0.308. The molecule has 23 heavy (non-hydrogen) atoms. The molecule has 0 bridgehead atoms. The summed E-state index contributed by atoms with van der Waals surface area (Å²) in [5, 5.41) is 0. The van der Waals surface area contributed by atoms with Crippen LogP contribution in [0.1, 0.15) is 18.9 Å². The molecule has 2 aromatic rings. The molecule has 122 valence electrons. The quantitative estimate of drug-likeness (QED) is 0.784. The molecule has 0 radical (unpaired) electrons. The van der Waals surface area contributed by atoms with Crippen molar-refractivity contribution in [1.82, 2.24) is 4.90 Å². The van der Waals surface area contributed by atoms with E-state index in [0.717, 1.165) is 5.56 Å². The number of hydrogen-bond acceptors (Lipinski definition) is 3. The van der Waals surface area contributed by atoms with Gasteiger partial charge in [0.15, 0.2) is 9.84 Å². The third-order valence-corrected chi connectivity index (χ3v) is 5.37. The monoisotopic (exact) mass is 331 g/mol. The number of sulfone groups is 1. The molecule has 2 aromatic carbocycles. The van der Waals surface area contributed by atoms with E-state index in [0.29, 0.717) is 13.1 Å². The fraction of sp³-hybridized carbons (Fsp3) is 0.278. The van der Waals surface area contributed by atoms with Crippen molar-refractivity contribution in [3.8, 4) is 0 Å². The van der Waals surface area contributed by atoms with Crippen LogP contribution in [0.25, 0.3) is 0 Å². The van der Waals surface area contributed by atoms with Gasteiger partial charge in [0.2, 0.25) is 5.91 Å². The summed E-state index contributed by atoms with van der Waals surface area (Å²) >= 11 is 0. The van der Waals surface area contributed by atoms with Crippen LogP contribution < -0.4 is 0 Å². The minimum Gasteiger partial charge on any atom is -0.339 e. The maximum atomic E-state index is 12.3. The molecule has 0 fully saturated rings. The van der Waals surface area contributed by atoms with Gasteiger partial charge < -0.3 is 4.90 Å². The highest BCUT2D eigenvalue weighted by Crippen LogP contribution is 2.13. The van der Waals surface area contributed by atoms with Crippen molar-refractivity contribution in [2.45, 2.75) is 24.8 Å². The zero-order valence-electron chi connectivity index (χ0n) is 13.2. The maximum absolute atomic E-state index is 12.3. The predicted octanol–water partition coefficient (Wildman–Crippen LogP) is 2.90. The van der Waals surface area contributed by atoms with E-state index in [2.05, 4.69) is 0 Å². The lowest BCUT2D eigenvalue weighted by Crippen LogP contribution is -2.31. The lowest BCUT2D eigenvalue weighted by molar-refractivity contribution is -0.131. The summed E-state index contributed by atoms with van der Waals surface area (Å²) in [6, 6.07) is 17.9. The minimum absolute atomic E-state index is 0.00208. The van der Waals surface area contributed by atoms with E-state index in [4.69, 9.17) is 0 Å². The molecule has 0 heterocycles. The van der Waals surface area contributed by atoms with Gasteiger partial charge >= 0.3 is 0 Å². The number of carbonyl (C=O) groups is 1. The van der Waals surface area contributed by atoms with Crippen LogP contribution >= 0.6 is 0 Å². The van der Waals surface area contributed by atoms with Crippen LogP contribution in [0.2, 0.25) is 0 Å². The Balaban J connectivity index is 1.97. The third kappa shape index (κ3) is 4.93. The van der Waals surface area contributed by atoms with E-state index >= 15 is 0 Å². The van der Waals surface area contributed by atoms with Gasteiger partial charge in [0.25, 0.3) is 0 Å². The summed E-state index contributed by atoms with van der Waals surface area (Å²) in [7, 11) is -3.42. The first-order chi connectivity index (χ1) is 11.0. The predicted molar refractivity (Wildman–Crippen MR) is 90.6 cm³/mol. The van der Waals surface area contributed by atoms with Crippen molar-refractivity contribution in [3.63, 3.8) is 0 Å². The standard InChI is InChI=1S/C18H21NO3S/c1-2-19(15-16-9-5-3-6-10-16)18(20)13-14-23(21,22)17-11-7-4-8-12-17/h3-12H,2,13-15H2,1H3. The van der Waals surface area contributed by atoms with Crippen molar-refractivity contribution < 1.29 is 13.2 Å². The molecule has 0 atom stereocenters. The van der Waals surface area contributed by atoms with Crippen molar-refractivity contribution in [3.05, 3.63) is 66.2 Å². The first-order valence-electron chi connectivity index (χ1n) is 7.62. The molecule has 0 saturated carbocycles. The van der Waals surface area contributed by atoms with Crippen LogP contribution in [0.3, 0.4) is 0 Å². The molecule has 0 aromatic heterocycles. The normalized spacial score (nSPS) is 11.2. The first-order valence-corrected chi connectivity index (χ1v) is 9.27. The molecule has 0 aliphatic carbocycles. The highest BCUT2D eigenvalue weighted by Gasteiger charge is 2.19. The van der Waals surface area contributed by atoms with E-state index in [9.17, 15) is 13.2 Å². The summed E-state index contributed by atoms with van der Waals surface area (Å²) in [4.78, 5) is 14.3. The Morgan fingerprint density at radius 3 is 2.09 bits per heavy atom. The van der Waals surface area contributed by atoms with Crippen molar-refractivity contribution in [1.29, 1.82) is 0 Å². The molecule has 4 nitrogen and oxygen atoms in total. The Morgan fingerprint density at radius 1 is 0.957 bits per heavy atom. The Labute approximate surface area is 137 Å². The number of hydrogen-bond donors (Lipinski definition) is 0. The van der Waals surface area contributed by atoms with Crippen LogP contribution in [0.4, 0.5) is 0 Å². The molecule has 0 saturated heterocycles. The second-order valence-electron chi connectivity index (χ2n) is 5.28. The Hall–Kier alpha value is -2.14. The van der Waals surface area contributed by atoms with Gasteiger partial charge in [0, 0.05) is 19.5 Å². The smallest absolute Gasteiger partial charge is 0.223 e. The lowest BCUT2D eigenvalue weighted by atomic mass is 10.2. The maximum Gasteiger partial charge on any atom is 0.223 e. The molecule has 0 aliphatic heterocycles. The topological polar surface area (TPSA) is 54.5 Å². The molecule has 0 aliphatic rings. The molecule has 1 amide bonds. The number of carbonyl (C=O) groups excluding carboxylic acids is 1. The molecule has 0 spiro atoms. The SMILES string of the molecule is CCN(Cc1ccccc1)C(=O)CCS(=O)(=O)c1ccccc1. The minimum atomic E-state index is -3.42. The second-order valence-corrected chi connectivity index (χ2v) is 7.38. The summed E-state index contributed by atoms with van der Waals surface area (Å²) < 4.78 is 24.5. The number of benzene rings is 2. The highest BCUT2D eigenvalue weighted by molar-refractivity contribution is 7.91. The van der Waals surface area contributed by atoms with Gasteiger partial charge in [-0.2, -0.15) is 0 Å². The van der Waals surface area contributed by atoms with Crippen LogP contribution in [0.5, 0.6) is 0 Å². The Bertz CT molecular complexity index is 727. The van der Waals surface area contributed by atoms with E-state index in [-0.39, 0.29) is 23.0 Å². The fourth-order valence-corrected chi connectivity index (χ4v) is 3.56. The zero-order valence-corrected chi connectivity index (χ0v) is 14.0. The van der Waals surface area contributed by atoms with E-state index in [1.165, 1.54) is 0 Å². The largest absolute Gasteiger partial charge is 0.339 e. The van der Waals surface area contributed by atoms with Gasteiger partial charge in [-0.05, 0) is 24.6 Å². The summed E-state index contributed by atoms with van der Waals surface area (Å²) in [6.07, 6.45) is -0.00208.